The molecule has 3 rings (SSSR count). The van der Waals surface area contributed by atoms with Crippen LogP contribution in [0.25, 0.3) is 0 Å². The lowest BCUT2D eigenvalue weighted by atomic mass is 10.1. The standard InChI is InChI=1S/C22H24Cl2N4O5S/c1-16(14-33-22(30)26-9-11-27-10-8-25-15-27)28(21-12-19(24)3-2-17(21)13-29)34(31,32)20-6-4-18(23)5-7-20/h2-8,10,12,15-16,29H,9,11,13-14H2,1H3,(H,26,30)/t16-/m1/s1. The van der Waals surface area contributed by atoms with Gasteiger partial charge in [0, 0.05) is 41.1 Å². The first-order chi connectivity index (χ1) is 16.2. The van der Waals surface area contributed by atoms with Crippen LogP contribution in [-0.4, -0.2) is 48.4 Å². The molecule has 182 valence electrons. The van der Waals surface area contributed by atoms with Gasteiger partial charge in [-0.1, -0.05) is 29.3 Å². The molecule has 0 radical (unpaired) electrons. The lowest BCUT2D eigenvalue weighted by molar-refractivity contribution is 0.141. The summed E-state index contributed by atoms with van der Waals surface area (Å²) in [5, 5.41) is 13.1. The van der Waals surface area contributed by atoms with Crippen LogP contribution >= 0.6 is 23.2 Å². The summed E-state index contributed by atoms with van der Waals surface area (Å²) < 4.78 is 35.4. The van der Waals surface area contributed by atoms with Crippen LogP contribution in [0.3, 0.4) is 0 Å². The molecule has 0 fully saturated rings. The van der Waals surface area contributed by atoms with Crippen molar-refractivity contribution in [3.63, 3.8) is 0 Å². The van der Waals surface area contributed by atoms with Crippen LogP contribution in [0, 0.1) is 0 Å². The molecule has 34 heavy (non-hydrogen) atoms. The van der Waals surface area contributed by atoms with Gasteiger partial charge in [-0.25, -0.2) is 18.2 Å². The number of hydrogen-bond donors (Lipinski definition) is 2. The number of alkyl carbamates (subject to hydrolysis) is 1. The first-order valence-electron chi connectivity index (χ1n) is 10.3. The molecule has 0 saturated heterocycles. The quantitative estimate of drug-likeness (QED) is 0.416. The number of amides is 1. The molecule has 0 aliphatic heterocycles. The fourth-order valence-electron chi connectivity index (χ4n) is 3.22. The molecular weight excluding hydrogens is 503 g/mol. The summed E-state index contributed by atoms with van der Waals surface area (Å²) in [6.45, 7) is 1.74. The third-order valence-electron chi connectivity index (χ3n) is 4.88. The number of aliphatic hydroxyl groups excluding tert-OH is 1. The van der Waals surface area contributed by atoms with Gasteiger partial charge in [-0.2, -0.15) is 0 Å². The average Bonchev–Trinajstić information content (AvgIpc) is 3.32. The van der Waals surface area contributed by atoms with E-state index in [-0.39, 0.29) is 22.2 Å². The van der Waals surface area contributed by atoms with Gasteiger partial charge in [-0.05, 0) is 43.3 Å². The molecule has 2 N–H and O–H groups in total. The zero-order valence-corrected chi connectivity index (χ0v) is 20.6. The summed E-state index contributed by atoms with van der Waals surface area (Å²) in [6, 6.07) is 9.40. The number of benzene rings is 2. The van der Waals surface area contributed by atoms with E-state index in [2.05, 4.69) is 10.3 Å². The van der Waals surface area contributed by atoms with E-state index in [1.165, 1.54) is 30.3 Å². The summed E-state index contributed by atoms with van der Waals surface area (Å²) in [4.78, 5) is 16.1. The number of aliphatic hydroxyl groups is 1. The summed E-state index contributed by atoms with van der Waals surface area (Å²) in [5.74, 6) is 0. The fourth-order valence-corrected chi connectivity index (χ4v) is 5.18. The van der Waals surface area contributed by atoms with Crippen LogP contribution in [0.2, 0.25) is 10.0 Å². The van der Waals surface area contributed by atoms with Crippen LogP contribution in [0.15, 0.2) is 66.1 Å². The van der Waals surface area contributed by atoms with E-state index in [4.69, 9.17) is 27.9 Å². The van der Waals surface area contributed by atoms with Crippen molar-refractivity contribution in [1.82, 2.24) is 14.9 Å². The Morgan fingerprint density at radius 1 is 1.21 bits per heavy atom. The lowest BCUT2D eigenvalue weighted by Crippen LogP contribution is -2.43. The van der Waals surface area contributed by atoms with Gasteiger partial charge in [0.25, 0.3) is 10.0 Å². The number of hydrogen-bond acceptors (Lipinski definition) is 6. The number of carbonyl (C=O) groups is 1. The van der Waals surface area contributed by atoms with Gasteiger partial charge in [0.1, 0.15) is 6.61 Å². The van der Waals surface area contributed by atoms with Crippen molar-refractivity contribution in [3.8, 4) is 0 Å². The van der Waals surface area contributed by atoms with E-state index < -0.39 is 28.8 Å². The Hall–Kier alpha value is -2.79. The Labute approximate surface area is 207 Å². The molecule has 1 heterocycles. The molecule has 0 aliphatic carbocycles. The Bertz CT molecular complexity index is 1200. The van der Waals surface area contributed by atoms with E-state index >= 15 is 0 Å². The highest BCUT2D eigenvalue weighted by Crippen LogP contribution is 2.32. The van der Waals surface area contributed by atoms with E-state index in [1.54, 1.807) is 42.3 Å². The van der Waals surface area contributed by atoms with Gasteiger partial charge in [0.15, 0.2) is 0 Å². The number of halogens is 2. The molecule has 0 saturated carbocycles. The Balaban J connectivity index is 1.81. The molecule has 0 aliphatic rings. The third-order valence-corrected chi connectivity index (χ3v) is 7.31. The van der Waals surface area contributed by atoms with Crippen molar-refractivity contribution < 1.29 is 23.1 Å². The molecule has 1 atom stereocenters. The highest BCUT2D eigenvalue weighted by atomic mass is 35.5. The first-order valence-corrected chi connectivity index (χ1v) is 12.5. The van der Waals surface area contributed by atoms with Crippen LogP contribution in [0.4, 0.5) is 10.5 Å². The van der Waals surface area contributed by atoms with E-state index in [1.807, 2.05) is 0 Å². The monoisotopic (exact) mass is 526 g/mol. The molecule has 1 aromatic heterocycles. The highest BCUT2D eigenvalue weighted by Gasteiger charge is 2.32. The number of ether oxygens (including phenoxy) is 1. The number of anilines is 1. The Morgan fingerprint density at radius 3 is 2.56 bits per heavy atom. The smallest absolute Gasteiger partial charge is 0.407 e. The van der Waals surface area contributed by atoms with Crippen LogP contribution in [0.5, 0.6) is 0 Å². The number of imidazole rings is 1. The molecule has 0 spiro atoms. The predicted molar refractivity (Wildman–Crippen MR) is 130 cm³/mol. The minimum Gasteiger partial charge on any atom is -0.447 e. The van der Waals surface area contributed by atoms with Gasteiger partial charge in [0.2, 0.25) is 0 Å². The molecule has 1 amide bonds. The third kappa shape index (κ3) is 6.41. The topological polar surface area (TPSA) is 114 Å². The number of sulfonamides is 1. The fraction of sp³-hybridized carbons (Fsp3) is 0.273. The maximum atomic E-state index is 13.6. The van der Waals surface area contributed by atoms with Crippen LogP contribution < -0.4 is 9.62 Å². The van der Waals surface area contributed by atoms with Gasteiger partial charge in [0.05, 0.1) is 29.6 Å². The van der Waals surface area contributed by atoms with Crippen molar-refractivity contribution in [2.45, 2.75) is 31.0 Å². The minimum absolute atomic E-state index is 0.0163. The van der Waals surface area contributed by atoms with Gasteiger partial charge in [-0.15, -0.1) is 0 Å². The number of nitrogens with zero attached hydrogens (tertiary/aromatic N) is 3. The maximum Gasteiger partial charge on any atom is 0.407 e. The van der Waals surface area contributed by atoms with E-state index in [0.29, 0.717) is 23.7 Å². The number of carbonyl (C=O) groups excluding carboxylic acids is 1. The maximum absolute atomic E-state index is 13.6. The second-order valence-electron chi connectivity index (χ2n) is 7.36. The Kier molecular flexibility index (Phi) is 8.78. The van der Waals surface area contributed by atoms with Crippen LogP contribution in [0.1, 0.15) is 12.5 Å². The average molecular weight is 527 g/mol. The molecule has 2 aromatic carbocycles. The number of rotatable bonds is 10. The molecule has 0 unspecified atom stereocenters. The van der Waals surface area contributed by atoms with Gasteiger partial charge >= 0.3 is 6.09 Å². The van der Waals surface area contributed by atoms with Crippen molar-refractivity contribution in [2.75, 3.05) is 17.5 Å². The summed E-state index contributed by atoms with van der Waals surface area (Å²) in [6.07, 6.45) is 4.33. The van der Waals surface area contributed by atoms with E-state index in [9.17, 15) is 18.3 Å². The molecular formula is C22H24Cl2N4O5S. The summed E-state index contributed by atoms with van der Waals surface area (Å²) in [5.41, 5.74) is 0.528. The molecule has 0 bridgehead atoms. The SMILES string of the molecule is C[C@H](COC(=O)NCCn1ccnc1)N(c1cc(Cl)ccc1CO)S(=O)(=O)c1ccc(Cl)cc1. The normalized spacial score (nSPS) is 12.2. The molecule has 3 aromatic rings. The summed E-state index contributed by atoms with van der Waals surface area (Å²) >= 11 is 12.1. The zero-order chi connectivity index (χ0) is 24.7. The second kappa shape index (κ2) is 11.6. The highest BCUT2D eigenvalue weighted by molar-refractivity contribution is 7.92. The molecule has 9 nitrogen and oxygen atoms in total. The van der Waals surface area contributed by atoms with Crippen LogP contribution in [-0.2, 0) is 27.9 Å². The van der Waals surface area contributed by atoms with Crippen molar-refractivity contribution >= 4 is 45.0 Å². The first kappa shape index (κ1) is 25.8. The van der Waals surface area contributed by atoms with Crippen molar-refractivity contribution in [2.24, 2.45) is 0 Å². The molecule has 12 heteroatoms. The van der Waals surface area contributed by atoms with Crippen molar-refractivity contribution in [3.05, 3.63) is 76.8 Å². The van der Waals surface area contributed by atoms with Crippen molar-refractivity contribution in [1.29, 1.82) is 0 Å². The minimum atomic E-state index is -4.13. The predicted octanol–water partition coefficient (Wildman–Crippen LogP) is 3.69. The number of aromatic nitrogens is 2. The van der Waals surface area contributed by atoms with Gasteiger partial charge < -0.3 is 19.7 Å². The largest absolute Gasteiger partial charge is 0.447 e. The number of nitrogens with one attached hydrogen (secondary N) is 1. The summed E-state index contributed by atoms with van der Waals surface area (Å²) in [7, 11) is -4.13. The Morgan fingerprint density at radius 2 is 1.91 bits per heavy atom. The van der Waals surface area contributed by atoms with E-state index in [0.717, 1.165) is 4.31 Å². The second-order valence-corrected chi connectivity index (χ2v) is 10.0. The zero-order valence-electron chi connectivity index (χ0n) is 18.3. The lowest BCUT2D eigenvalue weighted by Gasteiger charge is -2.31. The van der Waals surface area contributed by atoms with Gasteiger partial charge in [-0.3, -0.25) is 4.31 Å².